The van der Waals surface area contributed by atoms with Crippen LogP contribution in [0.1, 0.15) is 39.5 Å². The number of amides is 1. The summed E-state index contributed by atoms with van der Waals surface area (Å²) in [6, 6.07) is 0.569. The number of piperidine rings is 2. The van der Waals surface area contributed by atoms with Crippen molar-refractivity contribution in [3.8, 4) is 0 Å². The molecule has 0 aromatic rings. The van der Waals surface area contributed by atoms with Crippen LogP contribution < -0.4 is 5.32 Å². The zero-order chi connectivity index (χ0) is 15.1. The summed E-state index contributed by atoms with van der Waals surface area (Å²) in [5.41, 5.74) is 0. The predicted molar refractivity (Wildman–Crippen MR) is 84.5 cm³/mol. The summed E-state index contributed by atoms with van der Waals surface area (Å²) in [5.74, 6) is 0.830. The van der Waals surface area contributed by atoms with Gasteiger partial charge in [0.25, 0.3) is 0 Å². The van der Waals surface area contributed by atoms with Crippen molar-refractivity contribution < 1.29 is 9.53 Å². The van der Waals surface area contributed by atoms with E-state index in [1.165, 1.54) is 32.5 Å². The number of carbonyl (C=O) groups is 1. The van der Waals surface area contributed by atoms with E-state index >= 15 is 0 Å². The van der Waals surface area contributed by atoms with Crippen molar-refractivity contribution in [2.24, 2.45) is 5.92 Å². The lowest BCUT2D eigenvalue weighted by molar-refractivity contribution is 0.0942. The monoisotopic (exact) mass is 297 g/mol. The first kappa shape index (κ1) is 16.6. The molecule has 2 rings (SSSR count). The van der Waals surface area contributed by atoms with Gasteiger partial charge < -0.3 is 19.9 Å². The van der Waals surface area contributed by atoms with E-state index in [1.807, 2.05) is 11.8 Å². The maximum absolute atomic E-state index is 11.6. The lowest BCUT2D eigenvalue weighted by Crippen LogP contribution is -2.47. The molecule has 5 nitrogen and oxygen atoms in total. The molecule has 2 heterocycles. The van der Waals surface area contributed by atoms with E-state index in [2.05, 4.69) is 17.1 Å². The third kappa shape index (κ3) is 5.15. The fourth-order valence-electron chi connectivity index (χ4n) is 3.32. The minimum atomic E-state index is -0.150. The maximum atomic E-state index is 11.6. The van der Waals surface area contributed by atoms with Gasteiger partial charge in [-0.05, 0) is 64.7 Å². The lowest BCUT2D eigenvalue weighted by Gasteiger charge is -2.34. The molecule has 21 heavy (non-hydrogen) atoms. The molecule has 0 aromatic carbocycles. The summed E-state index contributed by atoms with van der Waals surface area (Å²) in [6.07, 6.45) is 4.59. The summed E-state index contributed by atoms with van der Waals surface area (Å²) in [6.45, 7) is 11.1. The van der Waals surface area contributed by atoms with Gasteiger partial charge >= 0.3 is 6.09 Å². The van der Waals surface area contributed by atoms with Gasteiger partial charge in [-0.1, -0.05) is 6.92 Å². The fourth-order valence-corrected chi connectivity index (χ4v) is 3.32. The highest BCUT2D eigenvalue weighted by molar-refractivity contribution is 5.67. The molecule has 2 fully saturated rings. The minimum Gasteiger partial charge on any atom is -0.450 e. The standard InChI is InChI=1S/C16H31N3O2/c1-3-18-9-5-14(6-10-18)13-17-15-7-11-19(12-8-15)16(20)21-4-2/h14-15,17H,3-13H2,1-2H3. The highest BCUT2D eigenvalue weighted by Crippen LogP contribution is 2.17. The molecule has 0 radical (unpaired) electrons. The minimum absolute atomic E-state index is 0.150. The summed E-state index contributed by atoms with van der Waals surface area (Å²) >= 11 is 0. The van der Waals surface area contributed by atoms with Crippen molar-refractivity contribution in [1.82, 2.24) is 15.1 Å². The molecular formula is C16H31N3O2. The van der Waals surface area contributed by atoms with Crippen LogP contribution in [0.5, 0.6) is 0 Å². The van der Waals surface area contributed by atoms with E-state index in [4.69, 9.17) is 4.74 Å². The van der Waals surface area contributed by atoms with E-state index in [0.29, 0.717) is 12.6 Å². The van der Waals surface area contributed by atoms with Gasteiger partial charge in [-0.25, -0.2) is 4.79 Å². The van der Waals surface area contributed by atoms with Crippen LogP contribution in [0.15, 0.2) is 0 Å². The molecule has 2 aliphatic rings. The molecule has 1 N–H and O–H groups in total. The first-order chi connectivity index (χ1) is 10.2. The molecule has 0 unspecified atom stereocenters. The molecule has 0 saturated carbocycles. The summed E-state index contributed by atoms with van der Waals surface area (Å²) in [7, 11) is 0. The van der Waals surface area contributed by atoms with Gasteiger partial charge in [0.15, 0.2) is 0 Å². The molecule has 5 heteroatoms. The number of likely N-dealkylation sites (tertiary alicyclic amines) is 2. The Morgan fingerprint density at radius 3 is 2.33 bits per heavy atom. The third-order valence-corrected chi connectivity index (χ3v) is 4.87. The zero-order valence-electron chi connectivity index (χ0n) is 13.6. The Kier molecular flexibility index (Phi) is 6.77. The number of carbonyl (C=O) groups excluding carboxylic acids is 1. The van der Waals surface area contributed by atoms with Crippen molar-refractivity contribution in [3.63, 3.8) is 0 Å². The maximum Gasteiger partial charge on any atom is 0.409 e. The highest BCUT2D eigenvalue weighted by atomic mass is 16.6. The first-order valence-electron chi connectivity index (χ1n) is 8.60. The van der Waals surface area contributed by atoms with Crippen LogP contribution in [0.25, 0.3) is 0 Å². The van der Waals surface area contributed by atoms with Crippen LogP contribution in [-0.4, -0.2) is 67.8 Å². The number of hydrogen-bond donors (Lipinski definition) is 1. The van der Waals surface area contributed by atoms with Crippen molar-refractivity contribution in [3.05, 3.63) is 0 Å². The summed E-state index contributed by atoms with van der Waals surface area (Å²) in [5, 5.41) is 3.72. The highest BCUT2D eigenvalue weighted by Gasteiger charge is 2.24. The Balaban J connectivity index is 1.60. The second kappa shape index (κ2) is 8.59. The average Bonchev–Trinajstić information content (AvgIpc) is 2.54. The van der Waals surface area contributed by atoms with Crippen molar-refractivity contribution in [1.29, 1.82) is 0 Å². The third-order valence-electron chi connectivity index (χ3n) is 4.87. The number of nitrogens with zero attached hydrogens (tertiary/aromatic N) is 2. The smallest absolute Gasteiger partial charge is 0.409 e. The normalized spacial score (nSPS) is 22.5. The number of nitrogens with one attached hydrogen (secondary N) is 1. The molecule has 0 atom stereocenters. The quantitative estimate of drug-likeness (QED) is 0.842. The first-order valence-corrected chi connectivity index (χ1v) is 8.60. The number of ether oxygens (including phenoxy) is 1. The van der Waals surface area contributed by atoms with Gasteiger partial charge in [0, 0.05) is 19.1 Å². The Morgan fingerprint density at radius 1 is 1.10 bits per heavy atom. The van der Waals surface area contributed by atoms with Crippen molar-refractivity contribution in [2.45, 2.75) is 45.6 Å². The predicted octanol–water partition coefficient (Wildman–Crippen LogP) is 1.93. The van der Waals surface area contributed by atoms with Crippen LogP contribution in [0.4, 0.5) is 4.79 Å². The van der Waals surface area contributed by atoms with Gasteiger partial charge in [-0.15, -0.1) is 0 Å². The molecule has 0 aromatic heterocycles. The van der Waals surface area contributed by atoms with Crippen molar-refractivity contribution >= 4 is 6.09 Å². The van der Waals surface area contributed by atoms with Gasteiger partial charge in [0.2, 0.25) is 0 Å². The van der Waals surface area contributed by atoms with Crippen LogP contribution in [0, 0.1) is 5.92 Å². The largest absolute Gasteiger partial charge is 0.450 e. The second-order valence-corrected chi connectivity index (χ2v) is 6.25. The lowest BCUT2D eigenvalue weighted by atomic mass is 9.95. The van der Waals surface area contributed by atoms with E-state index in [-0.39, 0.29) is 6.09 Å². The molecule has 122 valence electrons. The van der Waals surface area contributed by atoms with Gasteiger partial charge in [0.05, 0.1) is 6.61 Å². The summed E-state index contributed by atoms with van der Waals surface area (Å²) < 4.78 is 5.05. The molecular weight excluding hydrogens is 266 g/mol. The molecule has 1 amide bonds. The Hall–Kier alpha value is -0.810. The van der Waals surface area contributed by atoms with Crippen LogP contribution >= 0.6 is 0 Å². The Bertz CT molecular complexity index is 309. The average molecular weight is 297 g/mol. The molecule has 2 saturated heterocycles. The summed E-state index contributed by atoms with van der Waals surface area (Å²) in [4.78, 5) is 16.0. The van der Waals surface area contributed by atoms with Gasteiger partial charge in [0.1, 0.15) is 0 Å². The zero-order valence-corrected chi connectivity index (χ0v) is 13.6. The van der Waals surface area contributed by atoms with E-state index < -0.39 is 0 Å². The van der Waals surface area contributed by atoms with Crippen LogP contribution in [0.3, 0.4) is 0 Å². The molecule has 0 aliphatic carbocycles. The Morgan fingerprint density at radius 2 is 1.76 bits per heavy atom. The molecule has 2 aliphatic heterocycles. The van der Waals surface area contributed by atoms with E-state index in [0.717, 1.165) is 38.4 Å². The van der Waals surface area contributed by atoms with Crippen LogP contribution in [0.2, 0.25) is 0 Å². The Labute approximate surface area is 129 Å². The van der Waals surface area contributed by atoms with E-state index in [1.54, 1.807) is 0 Å². The van der Waals surface area contributed by atoms with Crippen LogP contribution in [-0.2, 0) is 4.74 Å². The van der Waals surface area contributed by atoms with E-state index in [9.17, 15) is 4.79 Å². The van der Waals surface area contributed by atoms with Gasteiger partial charge in [-0.2, -0.15) is 0 Å². The molecule has 0 bridgehead atoms. The molecule has 0 spiro atoms. The van der Waals surface area contributed by atoms with Gasteiger partial charge in [-0.3, -0.25) is 0 Å². The number of rotatable bonds is 5. The topological polar surface area (TPSA) is 44.8 Å². The second-order valence-electron chi connectivity index (χ2n) is 6.25. The SMILES string of the molecule is CCOC(=O)N1CCC(NCC2CCN(CC)CC2)CC1. The number of hydrogen-bond acceptors (Lipinski definition) is 4. The fraction of sp³-hybridized carbons (Fsp3) is 0.938. The van der Waals surface area contributed by atoms with Crippen molar-refractivity contribution in [2.75, 3.05) is 45.9 Å².